The van der Waals surface area contributed by atoms with Crippen molar-refractivity contribution in [1.29, 1.82) is 0 Å². The molecule has 1 amide bonds. The number of fused-ring (bicyclic) bond motifs is 1. The molecule has 0 radical (unpaired) electrons. The van der Waals surface area contributed by atoms with Gasteiger partial charge in [-0.3, -0.25) is 9.59 Å². The summed E-state index contributed by atoms with van der Waals surface area (Å²) in [5.41, 5.74) is 0.944. The lowest BCUT2D eigenvalue weighted by Crippen LogP contribution is -2.26. The SMILES string of the molecule is CN1CCC(=O)c2cc[nH]c2C1=O. The monoisotopic (exact) mass is 178 g/mol. The number of nitrogens with one attached hydrogen (secondary N) is 1. The number of aromatic amines is 1. The molecule has 4 heteroatoms. The van der Waals surface area contributed by atoms with Crippen LogP contribution in [0.2, 0.25) is 0 Å². The maximum atomic E-state index is 11.6. The summed E-state index contributed by atoms with van der Waals surface area (Å²) in [4.78, 5) is 27.4. The average Bonchev–Trinajstić information content (AvgIpc) is 2.57. The van der Waals surface area contributed by atoms with Crippen LogP contribution in [0.25, 0.3) is 0 Å². The number of carbonyl (C=O) groups is 2. The Hall–Kier alpha value is -1.58. The summed E-state index contributed by atoms with van der Waals surface area (Å²) in [7, 11) is 1.70. The standard InChI is InChI=1S/C9H10N2O2/c1-11-5-3-7(12)6-2-4-10-8(6)9(11)13/h2,4,10H,3,5H2,1H3. The lowest BCUT2D eigenvalue weighted by Gasteiger charge is -2.12. The molecule has 0 spiro atoms. The van der Waals surface area contributed by atoms with E-state index in [1.54, 1.807) is 24.2 Å². The zero-order valence-electron chi connectivity index (χ0n) is 7.33. The van der Waals surface area contributed by atoms with E-state index in [1.807, 2.05) is 0 Å². The number of hydrogen-bond donors (Lipinski definition) is 1. The second-order valence-electron chi connectivity index (χ2n) is 3.17. The van der Waals surface area contributed by atoms with Crippen LogP contribution in [0.1, 0.15) is 27.3 Å². The zero-order chi connectivity index (χ0) is 9.42. The summed E-state index contributed by atoms with van der Waals surface area (Å²) < 4.78 is 0. The highest BCUT2D eigenvalue weighted by molar-refractivity contribution is 6.08. The third-order valence-corrected chi connectivity index (χ3v) is 2.28. The molecule has 0 saturated carbocycles. The van der Waals surface area contributed by atoms with Crippen molar-refractivity contribution in [3.05, 3.63) is 23.5 Å². The molecule has 2 rings (SSSR count). The topological polar surface area (TPSA) is 53.2 Å². The first-order valence-corrected chi connectivity index (χ1v) is 4.16. The fourth-order valence-electron chi connectivity index (χ4n) is 1.48. The fourth-order valence-corrected chi connectivity index (χ4v) is 1.48. The fraction of sp³-hybridized carbons (Fsp3) is 0.333. The van der Waals surface area contributed by atoms with Crippen molar-refractivity contribution in [1.82, 2.24) is 9.88 Å². The molecular weight excluding hydrogens is 168 g/mol. The van der Waals surface area contributed by atoms with E-state index >= 15 is 0 Å². The van der Waals surface area contributed by atoms with Crippen LogP contribution in [0.3, 0.4) is 0 Å². The van der Waals surface area contributed by atoms with Crippen LogP contribution in [0.5, 0.6) is 0 Å². The van der Waals surface area contributed by atoms with Crippen LogP contribution in [0.15, 0.2) is 12.3 Å². The predicted octanol–water partition coefficient (Wildman–Crippen LogP) is 0.673. The molecule has 0 fully saturated rings. The molecule has 1 aromatic rings. The molecule has 4 nitrogen and oxygen atoms in total. The Balaban J connectivity index is 2.52. The highest BCUT2D eigenvalue weighted by Crippen LogP contribution is 2.15. The minimum Gasteiger partial charge on any atom is -0.357 e. The van der Waals surface area contributed by atoms with Crippen molar-refractivity contribution in [3.63, 3.8) is 0 Å². The molecule has 0 unspecified atom stereocenters. The van der Waals surface area contributed by atoms with Gasteiger partial charge in [-0.1, -0.05) is 0 Å². The van der Waals surface area contributed by atoms with E-state index in [-0.39, 0.29) is 11.7 Å². The summed E-state index contributed by atoms with van der Waals surface area (Å²) in [6, 6.07) is 1.66. The van der Waals surface area contributed by atoms with Gasteiger partial charge in [0.2, 0.25) is 0 Å². The van der Waals surface area contributed by atoms with Gasteiger partial charge in [-0.2, -0.15) is 0 Å². The molecule has 1 N–H and O–H groups in total. The highest BCUT2D eigenvalue weighted by Gasteiger charge is 2.25. The molecule has 0 atom stereocenters. The smallest absolute Gasteiger partial charge is 0.270 e. The minimum absolute atomic E-state index is 0.0361. The van der Waals surface area contributed by atoms with Crippen LogP contribution in [0.4, 0.5) is 0 Å². The third kappa shape index (κ3) is 1.14. The van der Waals surface area contributed by atoms with E-state index in [9.17, 15) is 9.59 Å². The second-order valence-corrected chi connectivity index (χ2v) is 3.17. The largest absolute Gasteiger partial charge is 0.357 e. The zero-order valence-corrected chi connectivity index (χ0v) is 7.33. The molecule has 13 heavy (non-hydrogen) atoms. The summed E-state index contributed by atoms with van der Waals surface area (Å²) >= 11 is 0. The quantitative estimate of drug-likeness (QED) is 0.635. The number of nitrogens with zero attached hydrogens (tertiary/aromatic N) is 1. The molecule has 1 aromatic heterocycles. The van der Waals surface area contributed by atoms with Gasteiger partial charge in [0.05, 0.1) is 0 Å². The first-order chi connectivity index (χ1) is 6.20. The number of hydrogen-bond acceptors (Lipinski definition) is 2. The molecular formula is C9H10N2O2. The van der Waals surface area contributed by atoms with Gasteiger partial charge in [0.1, 0.15) is 5.69 Å². The van der Waals surface area contributed by atoms with Crippen molar-refractivity contribution in [2.24, 2.45) is 0 Å². The molecule has 68 valence electrons. The summed E-state index contributed by atoms with van der Waals surface area (Å²) in [5.74, 6) is -0.0696. The Bertz CT molecular complexity index is 367. The summed E-state index contributed by atoms with van der Waals surface area (Å²) in [6.45, 7) is 0.500. The van der Waals surface area contributed by atoms with Gasteiger partial charge in [-0.15, -0.1) is 0 Å². The van der Waals surface area contributed by atoms with Crippen LogP contribution in [-0.2, 0) is 0 Å². The van der Waals surface area contributed by atoms with Gasteiger partial charge < -0.3 is 9.88 Å². The number of carbonyl (C=O) groups excluding carboxylic acids is 2. The van der Waals surface area contributed by atoms with E-state index < -0.39 is 0 Å². The average molecular weight is 178 g/mol. The minimum atomic E-state index is -0.106. The van der Waals surface area contributed by atoms with Crippen LogP contribution >= 0.6 is 0 Å². The van der Waals surface area contributed by atoms with Crippen LogP contribution in [-0.4, -0.2) is 35.2 Å². The summed E-state index contributed by atoms with van der Waals surface area (Å²) in [6.07, 6.45) is 2.03. The van der Waals surface area contributed by atoms with Gasteiger partial charge in [0, 0.05) is 31.8 Å². The Labute approximate surface area is 75.5 Å². The molecule has 1 aliphatic rings. The Morgan fingerprint density at radius 3 is 3.00 bits per heavy atom. The molecule has 0 aliphatic carbocycles. The van der Waals surface area contributed by atoms with E-state index in [1.165, 1.54) is 0 Å². The maximum absolute atomic E-state index is 11.6. The Kier molecular flexibility index (Phi) is 1.69. The van der Waals surface area contributed by atoms with E-state index in [4.69, 9.17) is 0 Å². The van der Waals surface area contributed by atoms with E-state index in [0.717, 1.165) is 0 Å². The molecule has 1 aliphatic heterocycles. The van der Waals surface area contributed by atoms with Crippen LogP contribution in [0, 0.1) is 0 Å². The van der Waals surface area contributed by atoms with Gasteiger partial charge in [0.25, 0.3) is 5.91 Å². The lowest BCUT2D eigenvalue weighted by molar-refractivity contribution is 0.0793. The van der Waals surface area contributed by atoms with Crippen molar-refractivity contribution >= 4 is 11.7 Å². The number of H-pyrrole nitrogens is 1. The van der Waals surface area contributed by atoms with E-state index in [2.05, 4.69) is 4.98 Å². The Morgan fingerprint density at radius 1 is 1.46 bits per heavy atom. The third-order valence-electron chi connectivity index (χ3n) is 2.28. The van der Waals surface area contributed by atoms with Crippen molar-refractivity contribution in [2.75, 3.05) is 13.6 Å². The number of amides is 1. The number of ketones is 1. The van der Waals surface area contributed by atoms with Crippen molar-refractivity contribution in [3.8, 4) is 0 Å². The van der Waals surface area contributed by atoms with E-state index in [0.29, 0.717) is 24.2 Å². The number of Topliss-reactive ketones (excluding diaryl/α,β-unsaturated/α-hetero) is 1. The van der Waals surface area contributed by atoms with Crippen LogP contribution < -0.4 is 0 Å². The predicted molar refractivity (Wildman–Crippen MR) is 46.7 cm³/mol. The van der Waals surface area contributed by atoms with Crippen molar-refractivity contribution < 1.29 is 9.59 Å². The van der Waals surface area contributed by atoms with Gasteiger partial charge in [0.15, 0.2) is 5.78 Å². The van der Waals surface area contributed by atoms with Gasteiger partial charge >= 0.3 is 0 Å². The first-order valence-electron chi connectivity index (χ1n) is 4.16. The normalized spacial score (nSPS) is 17.2. The first kappa shape index (κ1) is 8.04. The molecule has 0 bridgehead atoms. The number of rotatable bonds is 0. The van der Waals surface area contributed by atoms with Crippen molar-refractivity contribution in [2.45, 2.75) is 6.42 Å². The highest BCUT2D eigenvalue weighted by atomic mass is 16.2. The molecule has 2 heterocycles. The summed E-state index contributed by atoms with van der Waals surface area (Å²) in [5, 5.41) is 0. The van der Waals surface area contributed by atoms with Gasteiger partial charge in [-0.25, -0.2) is 0 Å². The maximum Gasteiger partial charge on any atom is 0.270 e. The number of aromatic nitrogens is 1. The van der Waals surface area contributed by atoms with Gasteiger partial charge in [-0.05, 0) is 6.07 Å². The molecule has 0 aromatic carbocycles. The second kappa shape index (κ2) is 2.73. The molecule has 0 saturated heterocycles. The Morgan fingerprint density at radius 2 is 2.23 bits per heavy atom. The lowest BCUT2D eigenvalue weighted by atomic mass is 10.1.